The van der Waals surface area contributed by atoms with Crippen molar-refractivity contribution in [1.29, 1.82) is 0 Å². The molecule has 0 spiro atoms. The highest BCUT2D eigenvalue weighted by molar-refractivity contribution is 5.34. The van der Waals surface area contributed by atoms with Crippen molar-refractivity contribution in [2.45, 2.75) is 45.6 Å². The molecule has 0 aliphatic carbocycles. The minimum Gasteiger partial charge on any atom is -0.496 e. The average Bonchev–Trinajstić information content (AvgIpc) is 2.38. The van der Waals surface area contributed by atoms with Gasteiger partial charge in [-0.1, -0.05) is 44.4 Å². The molecular weight excluding hydrogens is 212 g/mol. The second-order valence-corrected chi connectivity index (χ2v) is 4.32. The van der Waals surface area contributed by atoms with Gasteiger partial charge in [0, 0.05) is 12.2 Å². The molecule has 2 heteroatoms. The Balaban J connectivity index is 2.38. The number of ether oxygens (including phenoxy) is 2. The van der Waals surface area contributed by atoms with Gasteiger partial charge < -0.3 is 9.47 Å². The third kappa shape index (κ3) is 4.78. The fraction of sp³-hybridized carbons (Fsp3) is 0.600. The normalized spacial score (nSPS) is 12.4. The first-order valence-corrected chi connectivity index (χ1v) is 6.54. The average molecular weight is 236 g/mol. The summed E-state index contributed by atoms with van der Waals surface area (Å²) in [5, 5.41) is 0. The summed E-state index contributed by atoms with van der Waals surface area (Å²) in [5.74, 6) is 0.911. The largest absolute Gasteiger partial charge is 0.496 e. The van der Waals surface area contributed by atoms with Gasteiger partial charge in [0.2, 0.25) is 0 Å². The number of methoxy groups -OCH3 is 1. The first kappa shape index (κ1) is 14.0. The molecule has 0 aliphatic rings. The number of rotatable bonds is 8. The molecule has 0 saturated heterocycles. The van der Waals surface area contributed by atoms with Crippen LogP contribution in [0.3, 0.4) is 0 Å². The number of benzene rings is 1. The molecule has 1 aromatic carbocycles. The van der Waals surface area contributed by atoms with Gasteiger partial charge in [-0.25, -0.2) is 0 Å². The van der Waals surface area contributed by atoms with E-state index in [0.717, 1.165) is 24.3 Å². The molecule has 0 fully saturated rings. The molecule has 0 saturated carbocycles. The summed E-state index contributed by atoms with van der Waals surface area (Å²) in [5.41, 5.74) is 1.13. The van der Waals surface area contributed by atoms with Crippen molar-refractivity contribution in [3.63, 3.8) is 0 Å². The molecule has 2 nitrogen and oxygen atoms in total. The molecule has 1 atom stereocenters. The van der Waals surface area contributed by atoms with Crippen LogP contribution in [0, 0.1) is 0 Å². The molecule has 96 valence electrons. The van der Waals surface area contributed by atoms with Crippen molar-refractivity contribution in [3.05, 3.63) is 29.8 Å². The molecule has 0 bridgehead atoms. The summed E-state index contributed by atoms with van der Waals surface area (Å²) in [6.45, 7) is 5.13. The molecule has 17 heavy (non-hydrogen) atoms. The molecule has 0 N–H and O–H groups in total. The molecule has 0 amide bonds. The van der Waals surface area contributed by atoms with Crippen molar-refractivity contribution in [2.75, 3.05) is 13.7 Å². The van der Waals surface area contributed by atoms with Gasteiger partial charge in [-0.15, -0.1) is 0 Å². The molecule has 0 radical (unpaired) electrons. The summed E-state index contributed by atoms with van der Waals surface area (Å²) in [6, 6.07) is 8.05. The first-order chi connectivity index (χ1) is 8.29. The van der Waals surface area contributed by atoms with Crippen LogP contribution >= 0.6 is 0 Å². The molecule has 0 aromatic heterocycles. The lowest BCUT2D eigenvalue weighted by atomic mass is 10.1. The van der Waals surface area contributed by atoms with Gasteiger partial charge in [0.05, 0.1) is 13.2 Å². The van der Waals surface area contributed by atoms with E-state index in [-0.39, 0.29) is 6.10 Å². The Kier molecular flexibility index (Phi) is 6.71. The zero-order chi connectivity index (χ0) is 12.5. The second kappa shape index (κ2) is 8.13. The summed E-state index contributed by atoms with van der Waals surface area (Å²) in [4.78, 5) is 0. The van der Waals surface area contributed by atoms with E-state index in [1.807, 2.05) is 18.2 Å². The zero-order valence-electron chi connectivity index (χ0n) is 11.2. The van der Waals surface area contributed by atoms with Gasteiger partial charge in [-0.05, 0) is 19.4 Å². The minimum absolute atomic E-state index is 0.104. The molecule has 0 aliphatic heterocycles. The summed E-state index contributed by atoms with van der Waals surface area (Å²) >= 11 is 0. The molecule has 1 unspecified atom stereocenters. The lowest BCUT2D eigenvalue weighted by Gasteiger charge is -2.16. The summed E-state index contributed by atoms with van der Waals surface area (Å²) in [7, 11) is 1.70. The second-order valence-electron chi connectivity index (χ2n) is 4.32. The Morgan fingerprint density at radius 1 is 1.12 bits per heavy atom. The van der Waals surface area contributed by atoms with Crippen LogP contribution in [0.15, 0.2) is 24.3 Å². The summed E-state index contributed by atoms with van der Waals surface area (Å²) in [6.07, 6.45) is 5.07. The van der Waals surface area contributed by atoms with Crippen molar-refractivity contribution in [3.8, 4) is 5.75 Å². The smallest absolute Gasteiger partial charge is 0.124 e. The van der Waals surface area contributed by atoms with Crippen molar-refractivity contribution in [2.24, 2.45) is 0 Å². The van der Waals surface area contributed by atoms with Crippen LogP contribution in [-0.2, 0) is 4.74 Å². The Morgan fingerprint density at radius 2 is 1.88 bits per heavy atom. The van der Waals surface area contributed by atoms with Crippen LogP contribution in [0.2, 0.25) is 0 Å². The zero-order valence-corrected chi connectivity index (χ0v) is 11.2. The predicted octanol–water partition coefficient (Wildman–Crippen LogP) is 4.35. The molecule has 1 rings (SSSR count). The number of hydrogen-bond donors (Lipinski definition) is 0. The molecular formula is C15H24O2. The van der Waals surface area contributed by atoms with Crippen molar-refractivity contribution in [1.82, 2.24) is 0 Å². The fourth-order valence-electron chi connectivity index (χ4n) is 1.88. The number of unbranched alkanes of at least 4 members (excludes halogenated alkanes) is 3. The Hall–Kier alpha value is -1.02. The molecule has 1 aromatic rings. The van der Waals surface area contributed by atoms with E-state index in [2.05, 4.69) is 19.9 Å². The maximum Gasteiger partial charge on any atom is 0.124 e. The lowest BCUT2D eigenvalue weighted by molar-refractivity contribution is 0.0611. The SMILES string of the molecule is CCCCCCOC(C)c1ccccc1OC. The maximum atomic E-state index is 5.84. The lowest BCUT2D eigenvalue weighted by Crippen LogP contribution is -2.03. The highest BCUT2D eigenvalue weighted by Gasteiger charge is 2.10. The Labute approximate surface area is 105 Å². The van der Waals surface area contributed by atoms with E-state index in [4.69, 9.17) is 9.47 Å². The van der Waals surface area contributed by atoms with Crippen LogP contribution in [-0.4, -0.2) is 13.7 Å². The van der Waals surface area contributed by atoms with Crippen molar-refractivity contribution < 1.29 is 9.47 Å². The van der Waals surface area contributed by atoms with Gasteiger partial charge in [-0.3, -0.25) is 0 Å². The first-order valence-electron chi connectivity index (χ1n) is 6.54. The standard InChI is InChI=1S/C15H24O2/c1-4-5-6-9-12-17-13(2)14-10-7-8-11-15(14)16-3/h7-8,10-11,13H,4-6,9,12H2,1-3H3. The van der Waals surface area contributed by atoms with Crippen molar-refractivity contribution >= 4 is 0 Å². The third-order valence-electron chi connectivity index (χ3n) is 2.94. The van der Waals surface area contributed by atoms with E-state index >= 15 is 0 Å². The van der Waals surface area contributed by atoms with Crippen LogP contribution in [0.5, 0.6) is 5.75 Å². The van der Waals surface area contributed by atoms with E-state index in [1.165, 1.54) is 19.3 Å². The van der Waals surface area contributed by atoms with E-state index in [1.54, 1.807) is 7.11 Å². The van der Waals surface area contributed by atoms with Crippen LogP contribution in [0.25, 0.3) is 0 Å². The fourth-order valence-corrected chi connectivity index (χ4v) is 1.88. The summed E-state index contributed by atoms with van der Waals surface area (Å²) < 4.78 is 11.2. The predicted molar refractivity (Wildman–Crippen MR) is 71.5 cm³/mol. The Bertz CT molecular complexity index is 310. The maximum absolute atomic E-state index is 5.84. The minimum atomic E-state index is 0.104. The highest BCUT2D eigenvalue weighted by atomic mass is 16.5. The van der Waals surface area contributed by atoms with Crippen LogP contribution < -0.4 is 4.74 Å². The Morgan fingerprint density at radius 3 is 2.59 bits per heavy atom. The van der Waals surface area contributed by atoms with E-state index in [0.29, 0.717) is 0 Å². The molecule has 0 heterocycles. The van der Waals surface area contributed by atoms with Crippen LogP contribution in [0.1, 0.15) is 51.2 Å². The van der Waals surface area contributed by atoms with E-state index in [9.17, 15) is 0 Å². The monoisotopic (exact) mass is 236 g/mol. The van der Waals surface area contributed by atoms with Gasteiger partial charge in [0.25, 0.3) is 0 Å². The highest BCUT2D eigenvalue weighted by Crippen LogP contribution is 2.26. The number of hydrogen-bond acceptors (Lipinski definition) is 2. The van der Waals surface area contributed by atoms with Gasteiger partial charge in [0.15, 0.2) is 0 Å². The third-order valence-corrected chi connectivity index (χ3v) is 2.94. The number of para-hydroxylation sites is 1. The van der Waals surface area contributed by atoms with Crippen LogP contribution in [0.4, 0.5) is 0 Å². The quantitative estimate of drug-likeness (QED) is 0.625. The van der Waals surface area contributed by atoms with E-state index < -0.39 is 0 Å². The van der Waals surface area contributed by atoms with Gasteiger partial charge in [0.1, 0.15) is 5.75 Å². The van der Waals surface area contributed by atoms with Gasteiger partial charge in [-0.2, -0.15) is 0 Å². The topological polar surface area (TPSA) is 18.5 Å². The van der Waals surface area contributed by atoms with Gasteiger partial charge >= 0.3 is 0 Å².